The van der Waals surface area contributed by atoms with Crippen molar-refractivity contribution < 1.29 is 13.2 Å². The highest BCUT2D eigenvalue weighted by Crippen LogP contribution is 2.23. The van der Waals surface area contributed by atoms with Gasteiger partial charge in [-0.3, -0.25) is 4.79 Å². The van der Waals surface area contributed by atoms with Crippen LogP contribution in [0.15, 0.2) is 47.4 Å². The van der Waals surface area contributed by atoms with Crippen molar-refractivity contribution in [2.45, 2.75) is 44.4 Å². The molecule has 0 bridgehead atoms. The summed E-state index contributed by atoms with van der Waals surface area (Å²) in [7, 11) is -3.42. The van der Waals surface area contributed by atoms with Crippen LogP contribution in [-0.2, 0) is 27.7 Å². The van der Waals surface area contributed by atoms with Gasteiger partial charge in [-0.05, 0) is 61.1 Å². The first-order valence-electron chi connectivity index (χ1n) is 10.2. The summed E-state index contributed by atoms with van der Waals surface area (Å²) in [6.07, 6.45) is 3.53. The van der Waals surface area contributed by atoms with Crippen LogP contribution in [-0.4, -0.2) is 38.3 Å². The fourth-order valence-electron chi connectivity index (χ4n) is 3.59. The van der Waals surface area contributed by atoms with Gasteiger partial charge in [0, 0.05) is 24.5 Å². The predicted octanol–water partition coefficient (Wildman–Crippen LogP) is 3.65. The van der Waals surface area contributed by atoms with Crippen LogP contribution in [0.2, 0.25) is 0 Å². The van der Waals surface area contributed by atoms with Gasteiger partial charge in [0.1, 0.15) is 0 Å². The van der Waals surface area contributed by atoms with Crippen LogP contribution >= 0.6 is 0 Å². The highest BCUT2D eigenvalue weighted by atomic mass is 32.2. The Morgan fingerprint density at radius 2 is 1.55 bits per heavy atom. The lowest BCUT2D eigenvalue weighted by atomic mass is 10.0. The number of sulfonamides is 1. The van der Waals surface area contributed by atoms with E-state index in [2.05, 4.69) is 24.5 Å². The molecule has 1 aliphatic rings. The molecule has 3 rings (SSSR count). The van der Waals surface area contributed by atoms with Gasteiger partial charge in [-0.2, -0.15) is 4.31 Å². The minimum absolute atomic E-state index is 0.111. The Kier molecular flexibility index (Phi) is 6.92. The molecule has 0 aromatic heterocycles. The summed E-state index contributed by atoms with van der Waals surface area (Å²) in [6.45, 7) is 5.42. The molecule has 1 heterocycles. The molecule has 2 aromatic carbocycles. The number of rotatable bonds is 8. The number of carbonyl (C=O) groups is 1. The standard InChI is InChI=1S/C22H29N3O3S/c1-3-17-8-7-9-18(4-2)22(17)24-21(26)16-23-19-10-12-20(13-11-19)29(27,28)25-14-5-6-15-25/h7-13,23H,3-6,14-16H2,1-2H3,(H,24,26). The number of hydrogen-bond acceptors (Lipinski definition) is 4. The van der Waals surface area contributed by atoms with Crippen molar-refractivity contribution in [1.29, 1.82) is 0 Å². The normalized spacial score (nSPS) is 14.7. The first-order valence-corrected chi connectivity index (χ1v) is 11.6. The van der Waals surface area contributed by atoms with Gasteiger partial charge in [-0.1, -0.05) is 32.0 Å². The zero-order chi connectivity index (χ0) is 20.9. The number of hydrogen-bond donors (Lipinski definition) is 2. The highest BCUT2D eigenvalue weighted by molar-refractivity contribution is 7.89. The van der Waals surface area contributed by atoms with E-state index in [1.54, 1.807) is 24.3 Å². The molecule has 1 amide bonds. The molecule has 2 aromatic rings. The summed E-state index contributed by atoms with van der Waals surface area (Å²) in [5.41, 5.74) is 3.85. The largest absolute Gasteiger partial charge is 0.376 e. The summed E-state index contributed by atoms with van der Waals surface area (Å²) in [4.78, 5) is 12.7. The number of carbonyl (C=O) groups excluding carboxylic acids is 1. The third-order valence-electron chi connectivity index (χ3n) is 5.27. The van der Waals surface area contributed by atoms with E-state index in [1.165, 1.54) is 4.31 Å². The van der Waals surface area contributed by atoms with Crippen molar-refractivity contribution in [2.75, 3.05) is 30.3 Å². The van der Waals surface area contributed by atoms with Crippen LogP contribution in [0.1, 0.15) is 37.8 Å². The van der Waals surface area contributed by atoms with E-state index in [-0.39, 0.29) is 12.5 Å². The molecule has 156 valence electrons. The third-order valence-corrected chi connectivity index (χ3v) is 7.19. The first-order chi connectivity index (χ1) is 14.0. The van der Waals surface area contributed by atoms with Crippen molar-refractivity contribution in [1.82, 2.24) is 4.31 Å². The van der Waals surface area contributed by atoms with Crippen LogP contribution in [0.3, 0.4) is 0 Å². The number of benzene rings is 2. The Hall–Kier alpha value is -2.38. The second-order valence-electron chi connectivity index (χ2n) is 7.20. The fourth-order valence-corrected chi connectivity index (χ4v) is 5.11. The lowest BCUT2D eigenvalue weighted by Crippen LogP contribution is -2.27. The van der Waals surface area contributed by atoms with E-state index in [0.29, 0.717) is 23.7 Å². The van der Waals surface area contributed by atoms with Crippen molar-refractivity contribution in [3.8, 4) is 0 Å². The second-order valence-corrected chi connectivity index (χ2v) is 9.13. The summed E-state index contributed by atoms with van der Waals surface area (Å²) in [5, 5.41) is 6.09. The van der Waals surface area contributed by atoms with Crippen LogP contribution in [0.4, 0.5) is 11.4 Å². The Balaban J connectivity index is 1.61. The molecular weight excluding hydrogens is 386 g/mol. The lowest BCUT2D eigenvalue weighted by Gasteiger charge is -2.16. The van der Waals surface area contributed by atoms with E-state index >= 15 is 0 Å². The molecule has 1 saturated heterocycles. The van der Waals surface area contributed by atoms with Crippen LogP contribution in [0.5, 0.6) is 0 Å². The fraction of sp³-hybridized carbons (Fsp3) is 0.409. The minimum atomic E-state index is -3.42. The van der Waals surface area contributed by atoms with Gasteiger partial charge in [0.05, 0.1) is 11.4 Å². The molecule has 0 spiro atoms. The van der Waals surface area contributed by atoms with Gasteiger partial charge in [0.15, 0.2) is 0 Å². The Morgan fingerprint density at radius 1 is 0.966 bits per heavy atom. The zero-order valence-electron chi connectivity index (χ0n) is 17.1. The van der Waals surface area contributed by atoms with Gasteiger partial charge in [-0.15, -0.1) is 0 Å². The molecule has 0 unspecified atom stereocenters. The van der Waals surface area contributed by atoms with Crippen molar-refractivity contribution >= 4 is 27.3 Å². The maximum Gasteiger partial charge on any atom is 0.243 e. The first kappa shape index (κ1) is 21.3. The maximum absolute atomic E-state index is 12.6. The number of nitrogens with zero attached hydrogens (tertiary/aromatic N) is 1. The molecule has 1 fully saturated rings. The van der Waals surface area contributed by atoms with Crippen molar-refractivity contribution in [3.05, 3.63) is 53.6 Å². The molecule has 0 radical (unpaired) electrons. The van der Waals surface area contributed by atoms with Crippen molar-refractivity contribution in [3.63, 3.8) is 0 Å². The average Bonchev–Trinajstić information content (AvgIpc) is 3.28. The Morgan fingerprint density at radius 3 is 2.10 bits per heavy atom. The number of nitrogens with one attached hydrogen (secondary N) is 2. The summed E-state index contributed by atoms with van der Waals surface area (Å²) in [5.74, 6) is -0.130. The molecule has 0 aliphatic carbocycles. The summed E-state index contributed by atoms with van der Waals surface area (Å²) < 4.78 is 26.7. The van der Waals surface area contributed by atoms with Gasteiger partial charge in [0.2, 0.25) is 15.9 Å². The van der Waals surface area contributed by atoms with E-state index in [1.807, 2.05) is 18.2 Å². The number of anilines is 2. The number of para-hydroxylation sites is 1. The SMILES string of the molecule is CCc1cccc(CC)c1NC(=O)CNc1ccc(S(=O)(=O)N2CCCC2)cc1. The molecular formula is C22H29N3O3S. The summed E-state index contributed by atoms with van der Waals surface area (Å²) in [6, 6.07) is 12.7. The van der Waals surface area contributed by atoms with Gasteiger partial charge in [0.25, 0.3) is 0 Å². The molecule has 7 heteroatoms. The molecule has 29 heavy (non-hydrogen) atoms. The highest BCUT2D eigenvalue weighted by Gasteiger charge is 2.26. The van der Waals surface area contributed by atoms with Crippen LogP contribution in [0, 0.1) is 0 Å². The smallest absolute Gasteiger partial charge is 0.243 e. The van der Waals surface area contributed by atoms with Gasteiger partial charge < -0.3 is 10.6 Å². The number of amides is 1. The van der Waals surface area contributed by atoms with E-state index in [0.717, 1.165) is 42.5 Å². The monoisotopic (exact) mass is 415 g/mol. The lowest BCUT2D eigenvalue weighted by molar-refractivity contribution is -0.114. The van der Waals surface area contributed by atoms with E-state index in [9.17, 15) is 13.2 Å². The van der Waals surface area contributed by atoms with Gasteiger partial charge >= 0.3 is 0 Å². The summed E-state index contributed by atoms with van der Waals surface area (Å²) >= 11 is 0. The molecule has 1 aliphatic heterocycles. The van der Waals surface area contributed by atoms with Crippen LogP contribution < -0.4 is 10.6 Å². The van der Waals surface area contributed by atoms with Gasteiger partial charge in [-0.25, -0.2) is 8.42 Å². The molecule has 0 atom stereocenters. The van der Waals surface area contributed by atoms with Crippen molar-refractivity contribution in [2.24, 2.45) is 0 Å². The predicted molar refractivity (Wildman–Crippen MR) is 117 cm³/mol. The quantitative estimate of drug-likeness (QED) is 0.690. The van der Waals surface area contributed by atoms with E-state index in [4.69, 9.17) is 0 Å². The second kappa shape index (κ2) is 9.41. The average molecular weight is 416 g/mol. The number of aryl methyl sites for hydroxylation is 2. The zero-order valence-corrected chi connectivity index (χ0v) is 17.9. The maximum atomic E-state index is 12.6. The third kappa shape index (κ3) is 4.97. The Labute approximate surface area is 173 Å². The topological polar surface area (TPSA) is 78.5 Å². The molecule has 6 nitrogen and oxygen atoms in total. The molecule has 0 saturated carbocycles. The van der Waals surface area contributed by atoms with Crippen LogP contribution in [0.25, 0.3) is 0 Å². The Bertz CT molecular complexity index is 928. The minimum Gasteiger partial charge on any atom is -0.376 e. The molecule has 2 N–H and O–H groups in total. The van der Waals surface area contributed by atoms with E-state index < -0.39 is 10.0 Å².